The standard InChI is InChI=1S/C20H29FN6O/c1-25(2)10-11-27(20(28)19-22-15-23-24-19)13-16-6-5-9-26(12-16)14-17-7-3-4-8-18(17)21/h3-4,7-8,15-16H,5-6,9-14H2,1-2H3,(H,22,23,24). The molecule has 8 heteroatoms. The summed E-state index contributed by atoms with van der Waals surface area (Å²) in [4.78, 5) is 23.0. The molecule has 1 fully saturated rings. The first-order valence-corrected chi connectivity index (χ1v) is 9.78. The van der Waals surface area contributed by atoms with Crippen molar-refractivity contribution < 1.29 is 9.18 Å². The number of likely N-dealkylation sites (tertiary alicyclic amines) is 1. The quantitative estimate of drug-likeness (QED) is 0.748. The fourth-order valence-electron chi connectivity index (χ4n) is 3.68. The summed E-state index contributed by atoms with van der Waals surface area (Å²) in [7, 11) is 3.99. The average molecular weight is 388 g/mol. The van der Waals surface area contributed by atoms with E-state index in [1.807, 2.05) is 31.1 Å². The number of carbonyl (C=O) groups excluding carboxylic acids is 1. The number of amides is 1. The normalized spacial score (nSPS) is 17.8. The smallest absolute Gasteiger partial charge is 0.291 e. The molecule has 1 aromatic carbocycles. The molecule has 1 unspecified atom stereocenters. The number of nitrogens with one attached hydrogen (secondary N) is 1. The molecular weight excluding hydrogens is 359 g/mol. The van der Waals surface area contributed by atoms with Gasteiger partial charge in [-0.15, -0.1) is 0 Å². The van der Waals surface area contributed by atoms with Crippen molar-refractivity contribution in [3.63, 3.8) is 0 Å². The first-order chi connectivity index (χ1) is 13.5. The van der Waals surface area contributed by atoms with Crippen molar-refractivity contribution >= 4 is 5.91 Å². The maximum atomic E-state index is 14.0. The lowest BCUT2D eigenvalue weighted by Gasteiger charge is -2.36. The fourth-order valence-corrected chi connectivity index (χ4v) is 3.68. The summed E-state index contributed by atoms with van der Waals surface area (Å²) >= 11 is 0. The van der Waals surface area contributed by atoms with E-state index in [2.05, 4.69) is 25.0 Å². The highest BCUT2D eigenvalue weighted by atomic mass is 19.1. The fraction of sp³-hybridized carbons (Fsp3) is 0.550. The number of nitrogens with zero attached hydrogens (tertiary/aromatic N) is 5. The lowest BCUT2D eigenvalue weighted by Crippen LogP contribution is -2.45. The first-order valence-electron chi connectivity index (χ1n) is 9.78. The Bertz CT molecular complexity index is 751. The molecule has 1 atom stereocenters. The maximum absolute atomic E-state index is 14.0. The number of rotatable bonds is 8. The van der Waals surface area contributed by atoms with Crippen LogP contribution in [-0.2, 0) is 6.54 Å². The van der Waals surface area contributed by atoms with E-state index in [1.165, 1.54) is 12.4 Å². The average Bonchev–Trinajstić information content (AvgIpc) is 3.21. The number of benzene rings is 1. The van der Waals surface area contributed by atoms with E-state index in [-0.39, 0.29) is 17.5 Å². The number of halogens is 1. The molecule has 2 heterocycles. The summed E-state index contributed by atoms with van der Waals surface area (Å²) in [5.41, 5.74) is 0.727. The molecule has 1 aromatic heterocycles. The Morgan fingerprint density at radius 1 is 1.32 bits per heavy atom. The molecule has 0 saturated carbocycles. The highest BCUT2D eigenvalue weighted by Crippen LogP contribution is 2.21. The van der Waals surface area contributed by atoms with E-state index >= 15 is 0 Å². The van der Waals surface area contributed by atoms with Gasteiger partial charge in [0.1, 0.15) is 12.1 Å². The van der Waals surface area contributed by atoms with E-state index in [0.717, 1.165) is 38.0 Å². The Morgan fingerprint density at radius 2 is 2.14 bits per heavy atom. The highest BCUT2D eigenvalue weighted by molar-refractivity contribution is 5.90. The molecule has 1 saturated heterocycles. The second-order valence-corrected chi connectivity index (χ2v) is 7.72. The number of H-pyrrole nitrogens is 1. The van der Waals surface area contributed by atoms with Crippen LogP contribution in [0.25, 0.3) is 0 Å². The van der Waals surface area contributed by atoms with Crippen LogP contribution in [-0.4, -0.2) is 82.6 Å². The van der Waals surface area contributed by atoms with Crippen LogP contribution in [0, 0.1) is 11.7 Å². The van der Waals surface area contributed by atoms with E-state index in [9.17, 15) is 9.18 Å². The van der Waals surface area contributed by atoms with Gasteiger partial charge in [0.05, 0.1) is 0 Å². The van der Waals surface area contributed by atoms with E-state index in [1.54, 1.807) is 6.07 Å². The van der Waals surface area contributed by atoms with Gasteiger partial charge in [0.2, 0.25) is 5.82 Å². The van der Waals surface area contributed by atoms with Crippen molar-refractivity contribution in [2.24, 2.45) is 5.92 Å². The zero-order valence-corrected chi connectivity index (χ0v) is 16.6. The predicted molar refractivity (Wildman–Crippen MR) is 105 cm³/mol. The van der Waals surface area contributed by atoms with Crippen LogP contribution in [0.15, 0.2) is 30.6 Å². The molecule has 1 aliphatic rings. The minimum absolute atomic E-state index is 0.120. The summed E-state index contributed by atoms with van der Waals surface area (Å²) in [6.45, 7) is 4.51. The van der Waals surface area contributed by atoms with Crippen LogP contribution in [0.1, 0.15) is 29.0 Å². The number of hydrogen-bond donors (Lipinski definition) is 1. The van der Waals surface area contributed by atoms with Crippen molar-refractivity contribution in [2.75, 3.05) is 46.8 Å². The molecule has 3 rings (SSSR count). The second-order valence-electron chi connectivity index (χ2n) is 7.72. The van der Waals surface area contributed by atoms with Crippen LogP contribution in [0.2, 0.25) is 0 Å². The summed E-state index contributed by atoms with van der Waals surface area (Å²) in [5, 5.41) is 6.47. The van der Waals surface area contributed by atoms with Crippen molar-refractivity contribution in [1.82, 2.24) is 29.9 Å². The molecule has 152 valence electrons. The van der Waals surface area contributed by atoms with E-state index < -0.39 is 0 Å². The van der Waals surface area contributed by atoms with Crippen molar-refractivity contribution in [1.29, 1.82) is 0 Å². The lowest BCUT2D eigenvalue weighted by molar-refractivity contribution is 0.0649. The Balaban J connectivity index is 1.62. The van der Waals surface area contributed by atoms with Gasteiger partial charge in [-0.05, 0) is 45.5 Å². The third kappa shape index (κ3) is 5.59. The molecule has 0 bridgehead atoms. The number of aromatic nitrogens is 3. The Morgan fingerprint density at radius 3 is 2.86 bits per heavy atom. The Kier molecular flexibility index (Phi) is 7.11. The first kappa shape index (κ1) is 20.4. The number of carbonyl (C=O) groups is 1. The van der Waals surface area contributed by atoms with Gasteiger partial charge in [0.25, 0.3) is 5.91 Å². The number of aromatic amines is 1. The molecular formula is C20H29FN6O. The molecule has 0 aliphatic carbocycles. The number of piperidine rings is 1. The minimum Gasteiger partial charge on any atom is -0.334 e. The van der Waals surface area contributed by atoms with Crippen molar-refractivity contribution in [2.45, 2.75) is 19.4 Å². The summed E-state index contributed by atoms with van der Waals surface area (Å²) in [6.07, 6.45) is 3.47. The van der Waals surface area contributed by atoms with Gasteiger partial charge in [0, 0.05) is 38.3 Å². The monoisotopic (exact) mass is 388 g/mol. The second kappa shape index (κ2) is 9.75. The highest BCUT2D eigenvalue weighted by Gasteiger charge is 2.26. The van der Waals surface area contributed by atoms with Gasteiger partial charge in [-0.1, -0.05) is 18.2 Å². The van der Waals surface area contributed by atoms with Gasteiger partial charge >= 0.3 is 0 Å². The number of hydrogen-bond acceptors (Lipinski definition) is 5. The third-order valence-electron chi connectivity index (χ3n) is 5.16. The van der Waals surface area contributed by atoms with Gasteiger partial charge in [-0.25, -0.2) is 9.37 Å². The van der Waals surface area contributed by atoms with Gasteiger partial charge in [-0.2, -0.15) is 5.10 Å². The van der Waals surface area contributed by atoms with Gasteiger partial charge in [-0.3, -0.25) is 14.8 Å². The number of likely N-dealkylation sites (N-methyl/N-ethyl adjacent to an activating group) is 1. The Labute approximate surface area is 165 Å². The summed E-state index contributed by atoms with van der Waals surface area (Å²) < 4.78 is 14.0. The molecule has 0 spiro atoms. The Hall–Kier alpha value is -2.32. The van der Waals surface area contributed by atoms with Crippen LogP contribution in [0.5, 0.6) is 0 Å². The van der Waals surface area contributed by atoms with Crippen LogP contribution < -0.4 is 0 Å². The molecule has 2 aromatic rings. The van der Waals surface area contributed by atoms with Crippen molar-refractivity contribution in [3.05, 3.63) is 47.8 Å². The van der Waals surface area contributed by atoms with E-state index in [0.29, 0.717) is 25.6 Å². The van der Waals surface area contributed by atoms with Crippen LogP contribution in [0.3, 0.4) is 0 Å². The summed E-state index contributed by atoms with van der Waals surface area (Å²) in [5.74, 6) is 0.357. The lowest BCUT2D eigenvalue weighted by atomic mass is 9.96. The molecule has 7 nitrogen and oxygen atoms in total. The minimum atomic E-state index is -0.155. The predicted octanol–water partition coefficient (Wildman–Crippen LogP) is 1.86. The zero-order chi connectivity index (χ0) is 19.9. The topological polar surface area (TPSA) is 68.4 Å². The van der Waals surface area contributed by atoms with Gasteiger partial charge in [0.15, 0.2) is 0 Å². The third-order valence-corrected chi connectivity index (χ3v) is 5.16. The summed E-state index contributed by atoms with van der Waals surface area (Å²) in [6, 6.07) is 6.94. The van der Waals surface area contributed by atoms with Gasteiger partial charge < -0.3 is 9.80 Å². The molecule has 1 N–H and O–H groups in total. The molecule has 1 amide bonds. The maximum Gasteiger partial charge on any atom is 0.291 e. The van der Waals surface area contributed by atoms with E-state index in [4.69, 9.17) is 0 Å². The zero-order valence-electron chi connectivity index (χ0n) is 16.6. The molecule has 1 aliphatic heterocycles. The van der Waals surface area contributed by atoms with Crippen LogP contribution in [0.4, 0.5) is 4.39 Å². The molecule has 28 heavy (non-hydrogen) atoms. The van der Waals surface area contributed by atoms with Crippen LogP contribution >= 0.6 is 0 Å². The SMILES string of the molecule is CN(C)CCN(CC1CCCN(Cc2ccccc2F)C1)C(=O)c1ncn[nH]1. The molecule has 0 radical (unpaired) electrons. The largest absolute Gasteiger partial charge is 0.334 e. The van der Waals surface area contributed by atoms with Crippen molar-refractivity contribution in [3.8, 4) is 0 Å².